The maximum Gasteiger partial charge on any atom is 2.00 e. The van der Waals surface area contributed by atoms with Crippen LogP contribution in [0.5, 0.6) is 11.5 Å². The summed E-state index contributed by atoms with van der Waals surface area (Å²) in [5, 5.41) is 0. The number of hydrogen-bond acceptors (Lipinski definition) is 8. The molecule has 0 heterocycles. The molecule has 0 amide bonds. The second-order valence-electron chi connectivity index (χ2n) is 13.1. The number of ether oxygens (including phenoxy) is 2. The van der Waals surface area contributed by atoms with Gasteiger partial charge in [-0.3, -0.25) is 0 Å². The maximum absolute atomic E-state index is 13.6. The van der Waals surface area contributed by atoms with Gasteiger partial charge >= 0.3 is 119 Å². The number of halogens is 34. The topological polar surface area (TPSA) is 133 Å². The zero-order chi connectivity index (χ0) is 59.7. The van der Waals surface area contributed by atoms with Gasteiger partial charge in [0.15, 0.2) is 0 Å². The largest absolute Gasteiger partial charge is 2.00 e. The Bertz CT molecular complexity index is 2460. The summed E-state index contributed by atoms with van der Waals surface area (Å²) in [5.41, 5.74) is 0. The Labute approximate surface area is 404 Å². The van der Waals surface area contributed by atoms with Gasteiger partial charge in [0.1, 0.15) is 31.7 Å². The first-order chi connectivity index (χ1) is 32.0. The Hall–Kier alpha value is -4.27. The average molecular weight is 1230 g/mol. The van der Waals surface area contributed by atoms with E-state index in [1.165, 1.54) is 0 Å². The standard InChI is InChI=1S/2C15H5F17O4S.Mg/c2*16-7(8(17)36-5-1-3-6(4-2-5)37(33,34)35)9(18,19)10(20,21)11(22,23)12(24,25)13(26,27)14(28,29)15(30,31)32;/h2*1-4H,(H,33,34,35);/q;;+2/p-2. The van der Waals surface area contributed by atoms with Gasteiger partial charge in [0.05, 0.1) is 9.79 Å². The summed E-state index contributed by atoms with van der Waals surface area (Å²) in [6, 6.07) is -6.08. The van der Waals surface area contributed by atoms with Gasteiger partial charge in [-0.1, -0.05) is 0 Å². The third kappa shape index (κ3) is 11.9. The molecule has 45 heteroatoms. The molecule has 0 fully saturated rings. The molecule has 0 spiro atoms. The summed E-state index contributed by atoms with van der Waals surface area (Å²) >= 11 is 0. The van der Waals surface area contributed by atoms with Crippen LogP contribution in [0.3, 0.4) is 0 Å². The Morgan fingerprint density at radius 3 is 0.667 bits per heavy atom. The second kappa shape index (κ2) is 20.8. The van der Waals surface area contributed by atoms with Crippen LogP contribution in [0.2, 0.25) is 0 Å². The van der Waals surface area contributed by atoms with Crippen molar-refractivity contribution in [2.24, 2.45) is 0 Å². The predicted molar refractivity (Wildman–Crippen MR) is 166 cm³/mol. The molecule has 0 atom stereocenters. The average Bonchev–Trinajstić information content (AvgIpc) is 3.21. The molecule has 0 saturated heterocycles. The van der Waals surface area contributed by atoms with Crippen molar-refractivity contribution in [2.45, 2.75) is 93.2 Å². The van der Waals surface area contributed by atoms with E-state index in [0.717, 1.165) is 0 Å². The van der Waals surface area contributed by atoms with E-state index < -0.39 is 149 Å². The van der Waals surface area contributed by atoms with E-state index in [4.69, 9.17) is 0 Å². The fourth-order valence-corrected chi connectivity index (χ4v) is 5.04. The van der Waals surface area contributed by atoms with E-state index in [2.05, 4.69) is 9.47 Å². The van der Waals surface area contributed by atoms with Crippen molar-refractivity contribution < 1.29 is 185 Å². The smallest absolute Gasteiger partial charge is 0.744 e. The minimum absolute atomic E-state index is 0. The molecule has 0 aliphatic rings. The minimum Gasteiger partial charge on any atom is -0.744 e. The molecule has 0 aromatic heterocycles. The molecule has 0 aliphatic heterocycles. The van der Waals surface area contributed by atoms with Crippen LogP contribution < -0.4 is 9.47 Å². The molecule has 0 bridgehead atoms. The van der Waals surface area contributed by atoms with Crippen LogP contribution in [-0.2, 0) is 20.2 Å². The summed E-state index contributed by atoms with van der Waals surface area (Å²) in [7, 11) is -10.4. The number of hydrogen-bond donors (Lipinski definition) is 0. The van der Waals surface area contributed by atoms with E-state index in [9.17, 15) is 175 Å². The molecule has 428 valence electrons. The first kappa shape index (κ1) is 70.7. The zero-order valence-electron chi connectivity index (χ0n) is 33.3. The van der Waals surface area contributed by atoms with E-state index in [1.54, 1.807) is 0 Å². The molecule has 0 aliphatic carbocycles. The van der Waals surface area contributed by atoms with Crippen molar-refractivity contribution in [1.82, 2.24) is 0 Å². The predicted octanol–water partition coefficient (Wildman–Crippen LogP) is 12.5. The van der Waals surface area contributed by atoms with E-state index in [0.29, 0.717) is 0 Å². The van der Waals surface area contributed by atoms with E-state index in [1.807, 2.05) is 0 Å². The first-order valence-corrected chi connectivity index (χ1v) is 19.1. The monoisotopic (exact) mass is 1230 g/mol. The Balaban J connectivity index is 0.00000144. The molecular formula is C30H8F34MgO8S2. The van der Waals surface area contributed by atoms with Crippen LogP contribution in [-0.4, -0.2) is 132 Å². The number of allylic oxidation sites excluding steroid dienone is 2. The molecule has 0 radical (unpaired) electrons. The summed E-state index contributed by atoms with van der Waals surface area (Å²) in [6.45, 7) is 0. The van der Waals surface area contributed by atoms with E-state index >= 15 is 0 Å². The van der Waals surface area contributed by atoms with Gasteiger partial charge in [-0.05, 0) is 48.5 Å². The van der Waals surface area contributed by atoms with Crippen LogP contribution in [0.4, 0.5) is 149 Å². The van der Waals surface area contributed by atoms with Gasteiger partial charge in [-0.15, -0.1) is 0 Å². The van der Waals surface area contributed by atoms with Crippen molar-refractivity contribution in [3.63, 3.8) is 0 Å². The van der Waals surface area contributed by atoms with Crippen molar-refractivity contribution in [1.29, 1.82) is 0 Å². The quantitative estimate of drug-likeness (QED) is 0.0624. The maximum atomic E-state index is 13.6. The molecule has 0 unspecified atom stereocenters. The number of alkyl halides is 30. The fourth-order valence-electron chi connectivity index (χ4n) is 4.10. The summed E-state index contributed by atoms with van der Waals surface area (Å²) < 4.78 is 516. The molecule has 75 heavy (non-hydrogen) atoms. The Morgan fingerprint density at radius 2 is 0.493 bits per heavy atom. The molecule has 2 aromatic rings. The van der Waals surface area contributed by atoms with Crippen LogP contribution in [0.1, 0.15) is 0 Å². The van der Waals surface area contributed by atoms with Crippen LogP contribution in [0.15, 0.2) is 82.0 Å². The third-order valence-corrected chi connectivity index (χ3v) is 9.89. The first-order valence-electron chi connectivity index (χ1n) is 16.3. The van der Waals surface area contributed by atoms with Crippen molar-refractivity contribution in [3.8, 4) is 11.5 Å². The Morgan fingerprint density at radius 1 is 0.320 bits per heavy atom. The summed E-state index contributed by atoms with van der Waals surface area (Å²) in [4.78, 5) is -2.28. The summed E-state index contributed by atoms with van der Waals surface area (Å²) in [5.74, 6) is -112. The van der Waals surface area contributed by atoms with Crippen molar-refractivity contribution in [2.75, 3.05) is 0 Å². The zero-order valence-corrected chi connectivity index (χ0v) is 36.3. The van der Waals surface area contributed by atoms with Gasteiger partial charge in [0, 0.05) is 0 Å². The van der Waals surface area contributed by atoms with Gasteiger partial charge < -0.3 is 18.6 Å². The van der Waals surface area contributed by atoms with Crippen molar-refractivity contribution >= 4 is 43.3 Å². The van der Waals surface area contributed by atoms with Crippen LogP contribution in [0, 0.1) is 0 Å². The van der Waals surface area contributed by atoms with Gasteiger partial charge in [0.25, 0.3) is 0 Å². The summed E-state index contributed by atoms with van der Waals surface area (Å²) in [6.07, 6.45) is -15.7. The molecule has 2 rings (SSSR count). The molecular weight excluding hydrogens is 1220 g/mol. The fraction of sp³-hybridized carbons (Fsp3) is 0.467. The molecule has 2 aromatic carbocycles. The normalized spacial score (nSPS) is 15.7. The second-order valence-corrected chi connectivity index (χ2v) is 15.9. The van der Waals surface area contributed by atoms with Gasteiger partial charge in [-0.25, -0.2) is 16.8 Å². The SMILES string of the molecule is O=S(=O)([O-])c1ccc(OC(F)=C(F)C(F)(F)C(F)(F)C(F)(F)C(F)(F)C(F)(F)C(F)(F)C(F)(F)F)cc1.O=S(=O)([O-])c1ccc(OC(F)=C(F)C(F)(F)C(F)(F)C(F)(F)C(F)(F)C(F)(F)C(F)(F)C(F)(F)F)cc1.[Mg+2]. The number of benzene rings is 2. The van der Waals surface area contributed by atoms with Crippen LogP contribution >= 0.6 is 0 Å². The van der Waals surface area contributed by atoms with Crippen molar-refractivity contribution in [3.05, 3.63) is 72.2 Å². The minimum atomic E-state index is -8.71. The molecule has 0 N–H and O–H groups in total. The molecule has 8 nitrogen and oxygen atoms in total. The van der Waals surface area contributed by atoms with Gasteiger partial charge in [-0.2, -0.15) is 149 Å². The molecule has 0 saturated carbocycles. The third-order valence-electron chi connectivity index (χ3n) is 8.19. The Kier molecular flexibility index (Phi) is 19.6. The van der Waals surface area contributed by atoms with E-state index in [-0.39, 0.29) is 71.6 Å². The van der Waals surface area contributed by atoms with Crippen LogP contribution in [0.25, 0.3) is 0 Å². The van der Waals surface area contributed by atoms with Gasteiger partial charge in [0.2, 0.25) is 11.7 Å². The number of rotatable bonds is 18.